The molecule has 1 atom stereocenters. The van der Waals surface area contributed by atoms with Gasteiger partial charge in [-0.3, -0.25) is 4.57 Å². The Morgan fingerprint density at radius 1 is 1.11 bits per heavy atom. The van der Waals surface area contributed by atoms with Gasteiger partial charge in [0, 0.05) is 12.7 Å². The molecule has 6 heteroatoms. The van der Waals surface area contributed by atoms with Crippen LogP contribution in [0.25, 0.3) is 0 Å². The van der Waals surface area contributed by atoms with E-state index in [1.165, 1.54) is 10.5 Å². The first-order chi connectivity index (χ1) is 12.5. The molecule has 2 saturated carbocycles. The number of nitrogens with zero attached hydrogens (tertiary/aromatic N) is 2. The maximum atomic E-state index is 11.7. The minimum atomic E-state index is -0.508. The van der Waals surface area contributed by atoms with Crippen molar-refractivity contribution in [2.75, 3.05) is 6.61 Å². The van der Waals surface area contributed by atoms with Gasteiger partial charge in [0.05, 0.1) is 0 Å². The maximum absolute atomic E-state index is 11.7. The molecular weight excluding hydrogens is 384 g/mol. The third-order valence-corrected chi connectivity index (χ3v) is 4.33. The fourth-order valence-corrected chi connectivity index (χ4v) is 2.82. The Balaban J connectivity index is 0.000000526. The Morgan fingerprint density at radius 2 is 1.74 bits per heavy atom. The van der Waals surface area contributed by atoms with Gasteiger partial charge in [-0.15, -0.1) is 6.61 Å². The Bertz CT molecular complexity index is 594. The van der Waals surface area contributed by atoms with Crippen molar-refractivity contribution in [2.24, 2.45) is 5.92 Å². The van der Waals surface area contributed by atoms with Crippen molar-refractivity contribution in [3.05, 3.63) is 85.4 Å². The maximum Gasteiger partial charge on any atom is 2.00 e. The Labute approximate surface area is 174 Å². The normalized spacial score (nSPS) is 18.6. The molecule has 0 aliphatic heterocycles. The Morgan fingerprint density at radius 3 is 2.33 bits per heavy atom. The molecule has 0 N–H and O–H groups in total. The van der Waals surface area contributed by atoms with Gasteiger partial charge in [0.15, 0.2) is 0 Å². The molecule has 2 aliphatic rings. The van der Waals surface area contributed by atoms with Crippen molar-refractivity contribution in [3.8, 4) is 5.88 Å². The van der Waals surface area contributed by atoms with Gasteiger partial charge in [0.2, 0.25) is 0 Å². The molecule has 10 radical (unpaired) electrons. The summed E-state index contributed by atoms with van der Waals surface area (Å²) < 4.78 is 1.46. The van der Waals surface area contributed by atoms with Crippen LogP contribution in [0.5, 0.6) is 5.88 Å². The summed E-state index contributed by atoms with van der Waals surface area (Å²) in [5.74, 6) is 2.08. The van der Waals surface area contributed by atoms with E-state index < -0.39 is 11.6 Å². The molecule has 2 fully saturated rings. The third kappa shape index (κ3) is 7.59. The third-order valence-electron chi connectivity index (χ3n) is 4.33. The molecule has 144 valence electrons. The molecule has 0 aromatic carbocycles. The van der Waals surface area contributed by atoms with E-state index in [0.29, 0.717) is 24.9 Å². The fourth-order valence-electron chi connectivity index (χ4n) is 2.82. The van der Waals surface area contributed by atoms with Crippen LogP contribution in [-0.2, 0) is 23.6 Å². The van der Waals surface area contributed by atoms with Gasteiger partial charge >= 0.3 is 22.8 Å². The van der Waals surface area contributed by atoms with Crippen molar-refractivity contribution in [3.63, 3.8) is 0 Å². The van der Waals surface area contributed by atoms with E-state index in [1.54, 1.807) is 13.1 Å². The largest absolute Gasteiger partial charge is 2.00 e. The molecule has 1 heterocycles. The monoisotopic (exact) mass is 408 g/mol. The van der Waals surface area contributed by atoms with Gasteiger partial charge in [0.25, 0.3) is 0 Å². The van der Waals surface area contributed by atoms with E-state index in [4.69, 9.17) is 0 Å². The number of hydrogen-bond acceptors (Lipinski definition) is 4. The Kier molecular flexibility index (Phi) is 11.3. The minimum Gasteiger partial charge on any atom is -0.858 e. The first-order valence-electron chi connectivity index (χ1n) is 8.77. The van der Waals surface area contributed by atoms with Gasteiger partial charge in [-0.1, -0.05) is 13.3 Å². The molecule has 1 aromatic rings. The Hall–Kier alpha value is -0.841. The van der Waals surface area contributed by atoms with Gasteiger partial charge < -0.3 is 10.2 Å². The predicted octanol–water partition coefficient (Wildman–Crippen LogP) is 1.20. The van der Waals surface area contributed by atoms with Crippen molar-refractivity contribution < 1.29 is 27.3 Å². The van der Waals surface area contributed by atoms with Crippen molar-refractivity contribution in [1.82, 2.24) is 9.55 Å². The van der Waals surface area contributed by atoms with E-state index in [0.717, 1.165) is 5.92 Å². The molecule has 0 bridgehead atoms. The molecule has 3 rings (SSSR count). The molecule has 0 saturated heterocycles. The smallest absolute Gasteiger partial charge is 0.858 e. The second kappa shape index (κ2) is 12.6. The minimum absolute atomic E-state index is 0. The van der Waals surface area contributed by atoms with Crippen molar-refractivity contribution in [2.45, 2.75) is 33.2 Å². The zero-order chi connectivity index (χ0) is 18.9. The second-order valence-electron chi connectivity index (χ2n) is 6.32. The van der Waals surface area contributed by atoms with E-state index in [1.807, 2.05) is 58.3 Å². The van der Waals surface area contributed by atoms with Gasteiger partial charge in [-0.05, 0) is 93.9 Å². The van der Waals surface area contributed by atoms with E-state index in [9.17, 15) is 15.0 Å². The average molecular weight is 408 g/mol. The van der Waals surface area contributed by atoms with Crippen LogP contribution in [-0.4, -0.2) is 16.2 Å². The van der Waals surface area contributed by atoms with Crippen LogP contribution in [0, 0.1) is 76.0 Å². The first-order valence-corrected chi connectivity index (χ1v) is 8.77. The molecule has 5 nitrogen and oxygen atoms in total. The zero-order valence-electron chi connectivity index (χ0n) is 15.6. The van der Waals surface area contributed by atoms with Crippen molar-refractivity contribution in [1.29, 1.82) is 0 Å². The number of aromatic nitrogens is 2. The van der Waals surface area contributed by atoms with Crippen LogP contribution in [0.2, 0.25) is 0 Å². The number of hydrogen-bond donors (Lipinski definition) is 0. The fraction of sp³-hybridized carbons (Fsp3) is 0.333. The summed E-state index contributed by atoms with van der Waals surface area (Å²) in [6, 6.07) is 0. The summed E-state index contributed by atoms with van der Waals surface area (Å²) in [5, 5.41) is 22.0. The van der Waals surface area contributed by atoms with E-state index in [-0.39, 0.29) is 29.6 Å². The van der Waals surface area contributed by atoms with Gasteiger partial charge in [-0.25, -0.2) is 9.78 Å². The van der Waals surface area contributed by atoms with E-state index >= 15 is 0 Å². The number of rotatable bonds is 6. The average Bonchev–Trinajstić information content (AvgIpc) is 3.31. The van der Waals surface area contributed by atoms with Gasteiger partial charge in [-0.2, -0.15) is 0 Å². The topological polar surface area (TPSA) is 81.0 Å². The molecule has 2 aliphatic carbocycles. The summed E-state index contributed by atoms with van der Waals surface area (Å²) in [6.07, 6.45) is 18.9. The summed E-state index contributed by atoms with van der Waals surface area (Å²) >= 11 is 0. The summed E-state index contributed by atoms with van der Waals surface area (Å²) in [4.78, 5) is 15.2. The van der Waals surface area contributed by atoms with Crippen molar-refractivity contribution >= 4 is 0 Å². The van der Waals surface area contributed by atoms with Crippen LogP contribution < -0.4 is 15.9 Å². The molecule has 0 unspecified atom stereocenters. The molecule has 0 amide bonds. The van der Waals surface area contributed by atoms with Crippen LogP contribution in [0.3, 0.4) is 0 Å². The molecular formula is C21H24FeN2O3. The SMILES string of the molecule is Cc1cn(CC[C]2[CH][CH][CH][C]2[C@@H](C)CC[O-])c(=O)nc1[O-].[CH]1[CH][CH][CH][CH]1.[Fe+2]. The van der Waals surface area contributed by atoms with Crippen LogP contribution >= 0.6 is 0 Å². The molecule has 1 aromatic heterocycles. The first kappa shape index (κ1) is 24.2. The predicted molar refractivity (Wildman–Crippen MR) is 96.8 cm³/mol. The standard InChI is InChI=1S/C16H20N2O3.C5H5.Fe/c1-11(7-9-19)14-5-3-4-13(14)6-8-18-10-12(2)15(20)17-16(18)21;1-2-4-5-3-1;/h3-5,10-11H,6-9H2,1-2H3,(H,17,20,21);1-5H;/q-1;;+2/p-1/t11-;;/m0../s1. The summed E-state index contributed by atoms with van der Waals surface area (Å²) in [5.41, 5.74) is -0.0386. The quantitative estimate of drug-likeness (QED) is 0.663. The molecule has 27 heavy (non-hydrogen) atoms. The van der Waals surface area contributed by atoms with Gasteiger partial charge in [0.1, 0.15) is 0 Å². The zero-order valence-corrected chi connectivity index (χ0v) is 16.7. The number of aryl methyl sites for hydroxylation is 2. The van der Waals surface area contributed by atoms with Crippen LogP contribution in [0.15, 0.2) is 11.0 Å². The summed E-state index contributed by atoms with van der Waals surface area (Å²) in [7, 11) is 0. The molecule has 0 spiro atoms. The van der Waals surface area contributed by atoms with E-state index in [2.05, 4.69) is 4.98 Å². The summed E-state index contributed by atoms with van der Waals surface area (Å²) in [6.45, 7) is 4.09. The second-order valence-corrected chi connectivity index (χ2v) is 6.32. The van der Waals surface area contributed by atoms with Crippen LogP contribution in [0.1, 0.15) is 25.3 Å². The van der Waals surface area contributed by atoms with Crippen LogP contribution in [0.4, 0.5) is 0 Å².